The van der Waals surface area contributed by atoms with Crippen LogP contribution in [0.4, 0.5) is 0 Å². The topological polar surface area (TPSA) is 61.9 Å². The molecule has 0 unspecified atom stereocenters. The van der Waals surface area contributed by atoms with Crippen molar-refractivity contribution < 1.29 is 4.79 Å². The quantitative estimate of drug-likeness (QED) is 0.739. The van der Waals surface area contributed by atoms with Gasteiger partial charge in [-0.15, -0.1) is 0 Å². The van der Waals surface area contributed by atoms with Crippen LogP contribution >= 0.6 is 0 Å². The summed E-state index contributed by atoms with van der Waals surface area (Å²) in [5, 5.41) is 13.2. The molecule has 0 atom stereocenters. The normalized spacial score (nSPS) is 10.3. The first-order chi connectivity index (χ1) is 9.06. The van der Waals surface area contributed by atoms with Gasteiger partial charge in [0.2, 0.25) is 0 Å². The number of carbonyl (C=O) groups excluding carboxylic acids is 1. The van der Waals surface area contributed by atoms with Crippen LogP contribution in [0.3, 0.4) is 0 Å². The van der Waals surface area contributed by atoms with Crippen LogP contribution < -0.4 is 0 Å². The Labute approximate surface area is 114 Å². The summed E-state index contributed by atoms with van der Waals surface area (Å²) in [7, 11) is 0. The molecular formula is C14H22N4O. The SMILES string of the molecule is CCCN(CC#N)C(=O)c1c(C)nn(CCC)c1C. The molecular weight excluding hydrogens is 240 g/mol. The Hall–Kier alpha value is -1.83. The van der Waals surface area contributed by atoms with Crippen LogP contribution in [0.15, 0.2) is 0 Å². The van der Waals surface area contributed by atoms with Gasteiger partial charge in [0.25, 0.3) is 5.91 Å². The number of nitriles is 1. The van der Waals surface area contributed by atoms with E-state index in [0.717, 1.165) is 30.8 Å². The van der Waals surface area contributed by atoms with E-state index in [1.54, 1.807) is 4.90 Å². The van der Waals surface area contributed by atoms with Crippen LogP contribution in [0.1, 0.15) is 48.4 Å². The number of aromatic nitrogens is 2. The molecule has 1 rings (SSSR count). The van der Waals surface area contributed by atoms with Crippen molar-refractivity contribution >= 4 is 5.91 Å². The predicted molar refractivity (Wildman–Crippen MR) is 73.8 cm³/mol. The Kier molecular flexibility index (Phi) is 5.56. The molecule has 0 radical (unpaired) electrons. The number of hydrogen-bond acceptors (Lipinski definition) is 3. The van der Waals surface area contributed by atoms with Crippen LogP contribution in [0.5, 0.6) is 0 Å². The van der Waals surface area contributed by atoms with E-state index in [-0.39, 0.29) is 12.5 Å². The van der Waals surface area contributed by atoms with Crippen LogP contribution in [0, 0.1) is 25.2 Å². The Bertz CT molecular complexity index is 484. The summed E-state index contributed by atoms with van der Waals surface area (Å²) in [6, 6.07) is 2.05. The maximum absolute atomic E-state index is 12.5. The van der Waals surface area contributed by atoms with Crippen molar-refractivity contribution in [3.05, 3.63) is 17.0 Å². The third-order valence-electron chi connectivity index (χ3n) is 3.07. The molecule has 0 aliphatic rings. The minimum absolute atomic E-state index is 0.0826. The highest BCUT2D eigenvalue weighted by Gasteiger charge is 2.22. The van der Waals surface area contributed by atoms with Gasteiger partial charge in [-0.05, 0) is 26.7 Å². The zero-order valence-electron chi connectivity index (χ0n) is 12.2. The van der Waals surface area contributed by atoms with E-state index in [2.05, 4.69) is 18.1 Å². The number of amides is 1. The largest absolute Gasteiger partial charge is 0.325 e. The fourth-order valence-corrected chi connectivity index (χ4v) is 2.20. The zero-order chi connectivity index (χ0) is 14.4. The number of nitrogens with zero attached hydrogens (tertiary/aromatic N) is 4. The molecule has 1 aromatic heterocycles. The minimum atomic E-state index is -0.0826. The average molecular weight is 262 g/mol. The van der Waals surface area contributed by atoms with Gasteiger partial charge >= 0.3 is 0 Å². The van der Waals surface area contributed by atoms with Crippen LogP contribution in [-0.4, -0.2) is 33.7 Å². The molecule has 1 amide bonds. The third-order valence-corrected chi connectivity index (χ3v) is 3.07. The molecule has 0 bridgehead atoms. The first-order valence-corrected chi connectivity index (χ1v) is 6.77. The summed E-state index contributed by atoms with van der Waals surface area (Å²) in [5.41, 5.74) is 2.29. The second-order valence-corrected chi connectivity index (χ2v) is 4.65. The van der Waals surface area contributed by atoms with E-state index in [9.17, 15) is 4.79 Å². The smallest absolute Gasteiger partial charge is 0.258 e. The summed E-state index contributed by atoms with van der Waals surface area (Å²) in [6.45, 7) is 9.39. The standard InChI is InChI=1S/C14H22N4O/c1-5-8-17(10-7-15)14(19)13-11(3)16-18(9-6-2)12(13)4/h5-6,8-10H2,1-4H3. The van der Waals surface area contributed by atoms with E-state index in [1.807, 2.05) is 25.5 Å². The number of hydrogen-bond donors (Lipinski definition) is 0. The van der Waals surface area contributed by atoms with Crippen LogP contribution in [0.2, 0.25) is 0 Å². The fraction of sp³-hybridized carbons (Fsp3) is 0.643. The lowest BCUT2D eigenvalue weighted by molar-refractivity contribution is 0.0774. The second kappa shape index (κ2) is 6.93. The summed E-state index contributed by atoms with van der Waals surface area (Å²) in [4.78, 5) is 14.1. The lowest BCUT2D eigenvalue weighted by Crippen LogP contribution is -2.32. The summed E-state index contributed by atoms with van der Waals surface area (Å²) in [6.07, 6.45) is 1.82. The van der Waals surface area contributed by atoms with Crippen molar-refractivity contribution in [1.82, 2.24) is 14.7 Å². The van der Waals surface area contributed by atoms with E-state index in [0.29, 0.717) is 12.1 Å². The molecule has 1 heterocycles. The lowest BCUT2D eigenvalue weighted by Gasteiger charge is -2.18. The van der Waals surface area contributed by atoms with E-state index < -0.39 is 0 Å². The zero-order valence-corrected chi connectivity index (χ0v) is 12.2. The predicted octanol–water partition coefficient (Wildman–Crippen LogP) is 2.29. The monoisotopic (exact) mass is 262 g/mol. The highest BCUT2D eigenvalue weighted by Crippen LogP contribution is 2.16. The van der Waals surface area contributed by atoms with Crippen LogP contribution in [0.25, 0.3) is 0 Å². The Morgan fingerprint density at radius 3 is 2.58 bits per heavy atom. The molecule has 5 nitrogen and oxygen atoms in total. The molecule has 1 aromatic rings. The molecule has 0 aliphatic heterocycles. The van der Waals surface area contributed by atoms with Gasteiger partial charge in [0.05, 0.1) is 17.3 Å². The minimum Gasteiger partial charge on any atom is -0.325 e. The fourth-order valence-electron chi connectivity index (χ4n) is 2.20. The molecule has 0 saturated heterocycles. The Morgan fingerprint density at radius 1 is 1.37 bits per heavy atom. The molecule has 0 aliphatic carbocycles. The molecule has 0 N–H and O–H groups in total. The first kappa shape index (κ1) is 15.2. The van der Waals surface area contributed by atoms with Gasteiger partial charge in [0, 0.05) is 18.8 Å². The summed E-state index contributed by atoms with van der Waals surface area (Å²) < 4.78 is 1.87. The van der Waals surface area contributed by atoms with E-state index in [1.165, 1.54) is 0 Å². The number of carbonyl (C=O) groups is 1. The molecule has 104 valence electrons. The second-order valence-electron chi connectivity index (χ2n) is 4.65. The van der Waals surface area contributed by atoms with Crippen molar-refractivity contribution in [3.63, 3.8) is 0 Å². The first-order valence-electron chi connectivity index (χ1n) is 6.77. The molecule has 0 aromatic carbocycles. The van der Waals surface area contributed by atoms with E-state index >= 15 is 0 Å². The molecule has 19 heavy (non-hydrogen) atoms. The van der Waals surface area contributed by atoms with Crippen molar-refractivity contribution in [2.24, 2.45) is 0 Å². The lowest BCUT2D eigenvalue weighted by atomic mass is 10.1. The molecule has 0 fully saturated rings. The van der Waals surface area contributed by atoms with Crippen molar-refractivity contribution in [1.29, 1.82) is 5.26 Å². The molecule has 0 saturated carbocycles. The molecule has 0 spiro atoms. The maximum atomic E-state index is 12.5. The highest BCUT2D eigenvalue weighted by molar-refractivity contribution is 5.96. The van der Waals surface area contributed by atoms with Gasteiger partial charge in [-0.25, -0.2) is 0 Å². The molecule has 5 heteroatoms. The Balaban J connectivity index is 3.07. The van der Waals surface area contributed by atoms with Gasteiger partial charge in [0.15, 0.2) is 0 Å². The number of rotatable bonds is 6. The Morgan fingerprint density at radius 2 is 2.05 bits per heavy atom. The van der Waals surface area contributed by atoms with Crippen molar-refractivity contribution in [2.75, 3.05) is 13.1 Å². The third kappa shape index (κ3) is 3.34. The van der Waals surface area contributed by atoms with Gasteiger partial charge < -0.3 is 4.90 Å². The summed E-state index contributed by atoms with van der Waals surface area (Å²) >= 11 is 0. The van der Waals surface area contributed by atoms with Crippen LogP contribution in [-0.2, 0) is 6.54 Å². The van der Waals surface area contributed by atoms with Crippen molar-refractivity contribution in [2.45, 2.75) is 47.1 Å². The van der Waals surface area contributed by atoms with Crippen molar-refractivity contribution in [3.8, 4) is 6.07 Å². The van der Waals surface area contributed by atoms with Gasteiger partial charge in [-0.1, -0.05) is 13.8 Å². The maximum Gasteiger partial charge on any atom is 0.258 e. The van der Waals surface area contributed by atoms with Gasteiger partial charge in [-0.2, -0.15) is 10.4 Å². The van der Waals surface area contributed by atoms with Gasteiger partial charge in [-0.3, -0.25) is 9.48 Å². The number of aryl methyl sites for hydroxylation is 2. The average Bonchev–Trinajstić information content (AvgIpc) is 2.64. The van der Waals surface area contributed by atoms with E-state index in [4.69, 9.17) is 5.26 Å². The highest BCUT2D eigenvalue weighted by atomic mass is 16.2. The van der Waals surface area contributed by atoms with Gasteiger partial charge in [0.1, 0.15) is 6.54 Å². The summed E-state index contributed by atoms with van der Waals surface area (Å²) in [5.74, 6) is -0.0826.